The first-order valence-electron chi connectivity index (χ1n) is 3.36. The minimum atomic E-state index is -2.58. The van der Waals surface area contributed by atoms with E-state index in [9.17, 15) is 18.4 Å². The lowest BCUT2D eigenvalue weighted by atomic mass is 10.6. The molecule has 0 aliphatic rings. The molecule has 0 fully saturated rings. The van der Waals surface area contributed by atoms with E-state index in [0.717, 1.165) is 11.8 Å². The Balaban J connectivity index is 3.35. The van der Waals surface area contributed by atoms with Crippen LogP contribution in [-0.4, -0.2) is 41.5 Å². The fourth-order valence-corrected chi connectivity index (χ4v) is 1.04. The van der Waals surface area contributed by atoms with Gasteiger partial charge in [-0.25, -0.2) is 8.78 Å². The van der Waals surface area contributed by atoms with Gasteiger partial charge in [-0.1, -0.05) is 0 Å². The van der Waals surface area contributed by atoms with Crippen LogP contribution in [0.1, 0.15) is 0 Å². The Morgan fingerprint density at radius 3 is 2.46 bits per heavy atom. The maximum absolute atomic E-state index is 11.5. The third-order valence-electron chi connectivity index (χ3n) is 0.912. The van der Waals surface area contributed by atoms with Gasteiger partial charge >= 0.3 is 5.97 Å². The van der Waals surface area contributed by atoms with Gasteiger partial charge in [0, 0.05) is 0 Å². The summed E-state index contributed by atoms with van der Waals surface area (Å²) in [5.41, 5.74) is 0. The molecule has 0 aliphatic carbocycles. The van der Waals surface area contributed by atoms with Crippen molar-refractivity contribution in [1.29, 1.82) is 0 Å². The van der Waals surface area contributed by atoms with Gasteiger partial charge in [-0.15, -0.1) is 11.8 Å². The number of carbonyl (C=O) groups excluding carboxylic acids is 1. The third-order valence-corrected chi connectivity index (χ3v) is 1.83. The summed E-state index contributed by atoms with van der Waals surface area (Å²) in [5, 5.41) is 10.1. The van der Waals surface area contributed by atoms with Crippen LogP contribution in [0.25, 0.3) is 0 Å². The molecule has 1 amide bonds. The molecule has 0 aromatic rings. The van der Waals surface area contributed by atoms with Crippen LogP contribution in [0.5, 0.6) is 0 Å². The van der Waals surface area contributed by atoms with Gasteiger partial charge in [0.15, 0.2) is 0 Å². The van der Waals surface area contributed by atoms with E-state index in [0.29, 0.717) is 0 Å². The number of aliphatic carboxylic acids is 1. The molecule has 0 heterocycles. The van der Waals surface area contributed by atoms with Crippen LogP contribution in [0.4, 0.5) is 8.78 Å². The Labute approximate surface area is 77.7 Å². The predicted octanol–water partition coefficient (Wildman–Crippen LogP) is 0.186. The molecule has 4 nitrogen and oxygen atoms in total. The van der Waals surface area contributed by atoms with E-state index in [2.05, 4.69) is 0 Å². The smallest absolute Gasteiger partial charge is 0.313 e. The first-order valence-corrected chi connectivity index (χ1v) is 4.52. The number of hydrogen-bond acceptors (Lipinski definition) is 3. The Bertz CT molecular complexity index is 189. The largest absolute Gasteiger partial charge is 0.481 e. The number of halogens is 2. The first kappa shape index (κ1) is 12.2. The van der Waals surface area contributed by atoms with E-state index < -0.39 is 24.8 Å². The molecule has 0 aromatic carbocycles. The lowest BCUT2D eigenvalue weighted by Crippen LogP contribution is -2.30. The monoisotopic (exact) mass is 213 g/mol. The number of thioether (sulfide) groups is 1. The zero-order chi connectivity index (χ0) is 10.3. The van der Waals surface area contributed by atoms with Crippen LogP contribution < -0.4 is 5.32 Å². The van der Waals surface area contributed by atoms with E-state index in [1.165, 1.54) is 0 Å². The van der Waals surface area contributed by atoms with Crippen molar-refractivity contribution in [3.63, 3.8) is 0 Å². The summed E-state index contributed by atoms with van der Waals surface area (Å²) in [6.45, 7) is -0.688. The maximum atomic E-state index is 11.5. The van der Waals surface area contributed by atoms with Crippen molar-refractivity contribution in [2.24, 2.45) is 0 Å². The molecule has 0 aromatic heterocycles. The summed E-state index contributed by atoms with van der Waals surface area (Å²) in [6, 6.07) is 0. The molecule has 0 bridgehead atoms. The lowest BCUT2D eigenvalue weighted by molar-refractivity contribution is -0.133. The minimum absolute atomic E-state index is 0.112. The normalized spacial score (nSPS) is 10.1. The topological polar surface area (TPSA) is 66.4 Å². The van der Waals surface area contributed by atoms with Gasteiger partial charge in [0.05, 0.1) is 18.1 Å². The van der Waals surface area contributed by atoms with Gasteiger partial charge in [0.25, 0.3) is 6.43 Å². The Morgan fingerprint density at radius 2 is 2.00 bits per heavy atom. The first-order chi connectivity index (χ1) is 6.02. The highest BCUT2D eigenvalue weighted by Gasteiger charge is 2.06. The zero-order valence-corrected chi connectivity index (χ0v) is 7.44. The molecule has 13 heavy (non-hydrogen) atoms. The van der Waals surface area contributed by atoms with Crippen LogP contribution in [0.3, 0.4) is 0 Å². The number of carbonyl (C=O) groups is 2. The van der Waals surface area contributed by atoms with Gasteiger partial charge in [-0.2, -0.15) is 0 Å². The van der Waals surface area contributed by atoms with Crippen LogP contribution in [0.2, 0.25) is 0 Å². The second-order valence-electron chi connectivity index (χ2n) is 2.08. The van der Waals surface area contributed by atoms with Crippen molar-refractivity contribution in [1.82, 2.24) is 5.32 Å². The number of carboxylic acids is 1. The van der Waals surface area contributed by atoms with Crippen molar-refractivity contribution >= 4 is 23.6 Å². The molecule has 0 atom stereocenters. The second kappa shape index (κ2) is 6.64. The van der Waals surface area contributed by atoms with Gasteiger partial charge in [-0.3, -0.25) is 9.59 Å². The fourth-order valence-electron chi connectivity index (χ4n) is 0.473. The molecule has 0 rings (SSSR count). The van der Waals surface area contributed by atoms with Crippen molar-refractivity contribution < 1.29 is 23.5 Å². The van der Waals surface area contributed by atoms with Crippen molar-refractivity contribution in [2.45, 2.75) is 6.43 Å². The quantitative estimate of drug-likeness (QED) is 0.660. The highest BCUT2D eigenvalue weighted by molar-refractivity contribution is 8.00. The van der Waals surface area contributed by atoms with Crippen LogP contribution in [0.15, 0.2) is 0 Å². The molecule has 0 radical (unpaired) electrons. The third kappa shape index (κ3) is 9.06. The Hall–Kier alpha value is -0.850. The highest BCUT2D eigenvalue weighted by Crippen LogP contribution is 1.98. The van der Waals surface area contributed by atoms with Gasteiger partial charge in [0.2, 0.25) is 5.91 Å². The Kier molecular flexibility index (Phi) is 6.21. The Morgan fingerprint density at radius 1 is 1.38 bits per heavy atom. The van der Waals surface area contributed by atoms with E-state index in [4.69, 9.17) is 5.11 Å². The van der Waals surface area contributed by atoms with E-state index in [1.54, 1.807) is 0 Å². The molecule has 0 spiro atoms. The van der Waals surface area contributed by atoms with Crippen molar-refractivity contribution in [3.05, 3.63) is 0 Å². The number of hydrogen-bond donors (Lipinski definition) is 2. The van der Waals surface area contributed by atoms with Crippen LogP contribution >= 0.6 is 11.8 Å². The summed E-state index contributed by atoms with van der Waals surface area (Å²) < 4.78 is 23.1. The number of nitrogens with one attached hydrogen (secondary N) is 1. The average Bonchev–Trinajstić information content (AvgIpc) is 2.00. The molecule has 0 unspecified atom stereocenters. The summed E-state index contributed by atoms with van der Waals surface area (Å²) >= 11 is 0.865. The number of alkyl halides is 2. The molecule has 0 saturated carbocycles. The number of rotatable bonds is 6. The summed E-state index contributed by atoms with van der Waals surface area (Å²) in [6.07, 6.45) is -2.58. The molecule has 76 valence electrons. The summed E-state index contributed by atoms with van der Waals surface area (Å²) in [5.74, 6) is -1.93. The molecular formula is C6H9F2NO3S. The fraction of sp³-hybridized carbons (Fsp3) is 0.667. The lowest BCUT2D eigenvalue weighted by Gasteiger charge is -2.02. The highest BCUT2D eigenvalue weighted by atomic mass is 32.2. The van der Waals surface area contributed by atoms with E-state index >= 15 is 0 Å². The summed E-state index contributed by atoms with van der Waals surface area (Å²) in [4.78, 5) is 20.6. The van der Waals surface area contributed by atoms with E-state index in [1.807, 2.05) is 5.32 Å². The zero-order valence-electron chi connectivity index (χ0n) is 6.63. The molecule has 0 aliphatic heterocycles. The van der Waals surface area contributed by atoms with Crippen LogP contribution in [-0.2, 0) is 9.59 Å². The number of amides is 1. The number of carboxylic acid groups (broad SMARTS) is 1. The average molecular weight is 213 g/mol. The summed E-state index contributed by atoms with van der Waals surface area (Å²) in [7, 11) is 0. The molecule has 0 saturated heterocycles. The second-order valence-corrected chi connectivity index (χ2v) is 3.07. The van der Waals surface area contributed by atoms with Gasteiger partial charge in [0.1, 0.15) is 0 Å². The molecule has 2 N–H and O–H groups in total. The van der Waals surface area contributed by atoms with Crippen molar-refractivity contribution in [2.75, 3.05) is 18.1 Å². The SMILES string of the molecule is O=C(O)CSCC(=O)NCC(F)F. The molecule has 7 heteroatoms. The van der Waals surface area contributed by atoms with E-state index in [-0.39, 0.29) is 11.5 Å². The van der Waals surface area contributed by atoms with Crippen LogP contribution in [0, 0.1) is 0 Å². The molecular weight excluding hydrogens is 204 g/mol. The predicted molar refractivity (Wildman–Crippen MR) is 44.0 cm³/mol. The minimum Gasteiger partial charge on any atom is -0.481 e. The standard InChI is InChI=1S/C6H9F2NO3S/c7-4(8)1-9-5(10)2-13-3-6(11)12/h4H,1-3H2,(H,9,10)(H,11,12). The van der Waals surface area contributed by atoms with Crippen molar-refractivity contribution in [3.8, 4) is 0 Å². The van der Waals surface area contributed by atoms with Gasteiger partial charge in [-0.05, 0) is 0 Å². The van der Waals surface area contributed by atoms with Gasteiger partial charge < -0.3 is 10.4 Å². The maximum Gasteiger partial charge on any atom is 0.313 e.